The maximum atomic E-state index is 12.3. The van der Waals surface area contributed by atoms with Gasteiger partial charge in [0.1, 0.15) is 0 Å². The quantitative estimate of drug-likeness (QED) is 0.795. The van der Waals surface area contributed by atoms with Crippen LogP contribution in [0, 0.1) is 11.3 Å². The molecule has 0 bridgehead atoms. The molecule has 3 heteroatoms. The Kier molecular flexibility index (Phi) is 4.97. The molecule has 0 radical (unpaired) electrons. The molecule has 2 rings (SSSR count). The summed E-state index contributed by atoms with van der Waals surface area (Å²) < 4.78 is 0. The van der Waals surface area contributed by atoms with Gasteiger partial charge in [0.05, 0.1) is 0 Å². The predicted octanol–water partition coefficient (Wildman–Crippen LogP) is 3.97. The Morgan fingerprint density at radius 3 is 1.86 bits per heavy atom. The monoisotopic (exact) mass is 308 g/mol. The third-order valence-electron chi connectivity index (χ3n) is 5.69. The normalized spacial score (nSPS) is 24.5. The standard InChI is InChI=1S/C19H36N2O/c1-17(2,3)20-16(22)15-7-9-19(10-8-15)11-13-21(14-12-19)18(4,5)6/h15H,7-14H2,1-6H3,(H,20,22). The zero-order valence-electron chi connectivity index (χ0n) is 15.6. The molecule has 1 aliphatic heterocycles. The van der Waals surface area contributed by atoms with Crippen LogP contribution in [-0.4, -0.2) is 35.0 Å². The van der Waals surface area contributed by atoms with Gasteiger partial charge in [-0.1, -0.05) is 0 Å². The first kappa shape index (κ1) is 17.8. The van der Waals surface area contributed by atoms with Crippen LogP contribution in [0.1, 0.15) is 80.1 Å². The van der Waals surface area contributed by atoms with E-state index in [1.807, 2.05) is 0 Å². The Hall–Kier alpha value is -0.570. The number of carbonyl (C=O) groups excluding carboxylic acids is 1. The van der Waals surface area contributed by atoms with E-state index in [4.69, 9.17) is 0 Å². The van der Waals surface area contributed by atoms with Crippen LogP contribution in [0.25, 0.3) is 0 Å². The highest BCUT2D eigenvalue weighted by Gasteiger charge is 2.41. The van der Waals surface area contributed by atoms with Crippen LogP contribution in [0.3, 0.4) is 0 Å². The highest BCUT2D eigenvalue weighted by atomic mass is 16.2. The molecule has 0 aromatic rings. The number of amides is 1. The zero-order chi connectivity index (χ0) is 16.6. The molecule has 3 nitrogen and oxygen atoms in total. The van der Waals surface area contributed by atoms with Crippen molar-refractivity contribution < 1.29 is 4.79 Å². The summed E-state index contributed by atoms with van der Waals surface area (Å²) in [5.41, 5.74) is 0.718. The van der Waals surface area contributed by atoms with Crippen LogP contribution in [0.15, 0.2) is 0 Å². The molecule has 1 N–H and O–H groups in total. The molecule has 0 aromatic heterocycles. The van der Waals surface area contributed by atoms with Crippen molar-refractivity contribution in [3.8, 4) is 0 Å². The van der Waals surface area contributed by atoms with Crippen molar-refractivity contribution >= 4 is 5.91 Å². The van der Waals surface area contributed by atoms with Crippen LogP contribution in [-0.2, 0) is 4.79 Å². The Morgan fingerprint density at radius 2 is 1.45 bits per heavy atom. The lowest BCUT2D eigenvalue weighted by molar-refractivity contribution is -0.128. The molecule has 22 heavy (non-hydrogen) atoms. The topological polar surface area (TPSA) is 32.3 Å². The van der Waals surface area contributed by atoms with Crippen molar-refractivity contribution in [1.82, 2.24) is 10.2 Å². The van der Waals surface area contributed by atoms with Crippen LogP contribution in [0.5, 0.6) is 0 Å². The Balaban J connectivity index is 1.84. The smallest absolute Gasteiger partial charge is 0.223 e. The van der Waals surface area contributed by atoms with Crippen molar-refractivity contribution in [3.05, 3.63) is 0 Å². The first-order chi connectivity index (χ1) is 10.0. The molecular weight excluding hydrogens is 272 g/mol. The fraction of sp³-hybridized carbons (Fsp3) is 0.947. The number of likely N-dealkylation sites (tertiary alicyclic amines) is 1. The second kappa shape index (κ2) is 6.14. The van der Waals surface area contributed by atoms with Crippen LogP contribution < -0.4 is 5.32 Å². The summed E-state index contributed by atoms with van der Waals surface area (Å²) in [6, 6.07) is 0. The Morgan fingerprint density at radius 1 is 0.955 bits per heavy atom. The molecule has 1 spiro atoms. The van der Waals surface area contributed by atoms with Gasteiger partial charge in [0.15, 0.2) is 0 Å². The van der Waals surface area contributed by atoms with Crippen molar-refractivity contribution in [3.63, 3.8) is 0 Å². The second-order valence-electron chi connectivity index (χ2n) is 9.67. The number of nitrogens with one attached hydrogen (secondary N) is 1. The predicted molar refractivity (Wildman–Crippen MR) is 92.8 cm³/mol. The number of carbonyl (C=O) groups is 1. The van der Waals surface area contributed by atoms with E-state index in [-0.39, 0.29) is 17.4 Å². The fourth-order valence-electron chi connectivity index (χ4n) is 4.12. The molecule has 1 saturated heterocycles. The average Bonchev–Trinajstić information content (AvgIpc) is 2.37. The van der Waals surface area contributed by atoms with Gasteiger partial charge in [0, 0.05) is 17.0 Å². The van der Waals surface area contributed by atoms with Gasteiger partial charge in [0.2, 0.25) is 5.91 Å². The Bertz CT molecular complexity index is 385. The third kappa shape index (κ3) is 4.47. The molecule has 2 aliphatic rings. The summed E-state index contributed by atoms with van der Waals surface area (Å²) in [6.45, 7) is 15.6. The lowest BCUT2D eigenvalue weighted by Gasteiger charge is -2.49. The molecule has 0 unspecified atom stereocenters. The van der Waals surface area contributed by atoms with E-state index < -0.39 is 0 Å². The molecule has 1 heterocycles. The van der Waals surface area contributed by atoms with Gasteiger partial charge in [-0.2, -0.15) is 0 Å². The number of rotatable bonds is 1. The molecule has 0 atom stereocenters. The number of hydrogen-bond donors (Lipinski definition) is 1. The summed E-state index contributed by atoms with van der Waals surface area (Å²) >= 11 is 0. The van der Waals surface area contributed by atoms with Crippen molar-refractivity contribution in [2.24, 2.45) is 11.3 Å². The SMILES string of the molecule is CC(C)(C)NC(=O)C1CCC2(CC1)CCN(C(C)(C)C)CC2. The van der Waals surface area contributed by atoms with Gasteiger partial charge in [0.25, 0.3) is 0 Å². The minimum absolute atomic E-state index is 0.107. The van der Waals surface area contributed by atoms with Crippen molar-refractivity contribution in [2.75, 3.05) is 13.1 Å². The fourth-order valence-corrected chi connectivity index (χ4v) is 4.12. The molecule has 1 amide bonds. The highest BCUT2D eigenvalue weighted by molar-refractivity contribution is 5.79. The number of piperidine rings is 1. The first-order valence-electron chi connectivity index (χ1n) is 9.08. The number of hydrogen-bond acceptors (Lipinski definition) is 2. The summed E-state index contributed by atoms with van der Waals surface area (Å²) in [5, 5.41) is 3.16. The van der Waals surface area contributed by atoms with Gasteiger partial charge in [-0.05, 0) is 98.6 Å². The van der Waals surface area contributed by atoms with Crippen LogP contribution in [0.2, 0.25) is 0 Å². The van der Waals surface area contributed by atoms with E-state index in [0.29, 0.717) is 11.0 Å². The van der Waals surface area contributed by atoms with E-state index in [9.17, 15) is 4.79 Å². The molecule has 2 fully saturated rings. The summed E-state index contributed by atoms with van der Waals surface area (Å²) in [4.78, 5) is 15.0. The molecular formula is C19H36N2O. The molecule has 0 aromatic carbocycles. The third-order valence-corrected chi connectivity index (χ3v) is 5.69. The summed E-state index contributed by atoms with van der Waals surface area (Å²) in [5.74, 6) is 0.514. The van der Waals surface area contributed by atoms with Gasteiger partial charge >= 0.3 is 0 Å². The van der Waals surface area contributed by atoms with Crippen molar-refractivity contribution in [1.29, 1.82) is 0 Å². The Labute approximate surface area is 137 Å². The van der Waals surface area contributed by atoms with Gasteiger partial charge in [-0.15, -0.1) is 0 Å². The van der Waals surface area contributed by atoms with E-state index >= 15 is 0 Å². The highest BCUT2D eigenvalue weighted by Crippen LogP contribution is 2.47. The van der Waals surface area contributed by atoms with E-state index in [1.54, 1.807) is 0 Å². The van der Waals surface area contributed by atoms with E-state index in [2.05, 4.69) is 51.8 Å². The minimum Gasteiger partial charge on any atom is -0.351 e. The lowest BCUT2D eigenvalue weighted by atomic mass is 9.65. The van der Waals surface area contributed by atoms with Crippen LogP contribution in [0.4, 0.5) is 0 Å². The number of nitrogens with zero attached hydrogens (tertiary/aromatic N) is 1. The first-order valence-corrected chi connectivity index (χ1v) is 9.08. The van der Waals surface area contributed by atoms with Gasteiger partial charge in [-0.25, -0.2) is 0 Å². The van der Waals surface area contributed by atoms with Gasteiger partial charge < -0.3 is 5.32 Å². The summed E-state index contributed by atoms with van der Waals surface area (Å²) in [6.07, 6.45) is 7.28. The van der Waals surface area contributed by atoms with Gasteiger partial charge in [-0.3, -0.25) is 9.69 Å². The molecule has 1 aliphatic carbocycles. The molecule has 1 saturated carbocycles. The minimum atomic E-state index is -0.107. The summed E-state index contributed by atoms with van der Waals surface area (Å²) in [7, 11) is 0. The van der Waals surface area contributed by atoms with E-state index in [0.717, 1.165) is 12.8 Å². The van der Waals surface area contributed by atoms with Crippen LogP contribution >= 0.6 is 0 Å². The maximum absolute atomic E-state index is 12.3. The second-order valence-corrected chi connectivity index (χ2v) is 9.67. The maximum Gasteiger partial charge on any atom is 0.223 e. The zero-order valence-corrected chi connectivity index (χ0v) is 15.6. The molecule has 128 valence electrons. The average molecular weight is 309 g/mol. The largest absolute Gasteiger partial charge is 0.351 e. The van der Waals surface area contributed by atoms with E-state index in [1.165, 1.54) is 38.8 Å². The lowest BCUT2D eigenvalue weighted by Crippen LogP contribution is -2.50. The van der Waals surface area contributed by atoms with Crippen molar-refractivity contribution in [2.45, 2.75) is 91.1 Å².